The number of sulfonamides is 1. The van der Waals surface area contributed by atoms with Gasteiger partial charge in [-0.15, -0.1) is 0 Å². The van der Waals surface area contributed by atoms with Crippen molar-refractivity contribution in [3.63, 3.8) is 0 Å². The number of methoxy groups -OCH3 is 1. The number of nitrogens with zero attached hydrogens (tertiary/aromatic N) is 2. The first-order chi connectivity index (χ1) is 15.5. The molecule has 1 aliphatic heterocycles. The Morgan fingerprint density at radius 1 is 1.00 bits per heavy atom. The number of carbonyl (C=O) groups excluding carboxylic acids is 1. The molecule has 0 spiro atoms. The summed E-state index contributed by atoms with van der Waals surface area (Å²) in [4.78, 5) is 15.3. The van der Waals surface area contributed by atoms with Gasteiger partial charge in [0.15, 0.2) is 0 Å². The molecule has 1 fully saturated rings. The Bertz CT molecular complexity index is 958. The lowest BCUT2D eigenvalue weighted by molar-refractivity contribution is -0.119. The number of hydrogen-bond acceptors (Lipinski definition) is 5. The van der Waals surface area contributed by atoms with Gasteiger partial charge < -0.3 is 15.0 Å². The third kappa shape index (κ3) is 6.46. The number of benzene rings is 2. The Labute approximate surface area is 191 Å². The van der Waals surface area contributed by atoms with E-state index in [0.717, 1.165) is 30.4 Å². The van der Waals surface area contributed by atoms with Crippen LogP contribution in [0.4, 0.5) is 5.69 Å². The number of nitrogens with one attached hydrogen (secondary N) is 1. The maximum Gasteiger partial charge on any atom is 0.264 e. The molecule has 1 heterocycles. The minimum absolute atomic E-state index is 0.125. The van der Waals surface area contributed by atoms with Gasteiger partial charge >= 0.3 is 0 Å². The van der Waals surface area contributed by atoms with Gasteiger partial charge in [0.2, 0.25) is 5.91 Å². The highest BCUT2D eigenvalue weighted by molar-refractivity contribution is 7.92. The van der Waals surface area contributed by atoms with Crippen LogP contribution in [0.5, 0.6) is 5.75 Å². The molecule has 1 aliphatic rings. The molecular formula is C24H33N3O4S. The zero-order valence-electron chi connectivity index (χ0n) is 18.7. The average molecular weight is 460 g/mol. The van der Waals surface area contributed by atoms with Gasteiger partial charge in [-0.25, -0.2) is 8.42 Å². The molecule has 1 amide bonds. The Morgan fingerprint density at radius 3 is 2.34 bits per heavy atom. The zero-order valence-corrected chi connectivity index (χ0v) is 19.5. The normalized spacial score (nSPS) is 15.0. The minimum Gasteiger partial charge on any atom is -0.495 e. The summed E-state index contributed by atoms with van der Waals surface area (Å²) in [5.41, 5.74) is 0.332. The predicted molar refractivity (Wildman–Crippen MR) is 127 cm³/mol. The largest absolute Gasteiger partial charge is 0.495 e. The van der Waals surface area contributed by atoms with Crippen molar-refractivity contribution in [1.29, 1.82) is 0 Å². The van der Waals surface area contributed by atoms with Crippen LogP contribution in [-0.4, -0.2) is 59.1 Å². The first-order valence-electron chi connectivity index (χ1n) is 11.2. The molecule has 174 valence electrons. The summed E-state index contributed by atoms with van der Waals surface area (Å²) in [6.07, 6.45) is 5.89. The van der Waals surface area contributed by atoms with Gasteiger partial charge in [-0.05, 0) is 63.2 Å². The van der Waals surface area contributed by atoms with E-state index in [2.05, 4.69) is 10.2 Å². The maximum absolute atomic E-state index is 13.4. The van der Waals surface area contributed by atoms with Crippen LogP contribution >= 0.6 is 0 Å². The molecule has 0 aromatic heterocycles. The van der Waals surface area contributed by atoms with E-state index >= 15 is 0 Å². The smallest absolute Gasteiger partial charge is 0.264 e. The van der Waals surface area contributed by atoms with Crippen molar-refractivity contribution in [3.05, 3.63) is 54.6 Å². The standard InChI is InChI=1S/C24H33N3O4S/c1-31-23-15-8-7-14-22(23)27(32(29,30)21-12-5-4-6-13-21)20-24(28)25-16-11-19-26-17-9-2-3-10-18-26/h4-8,12-15H,2-3,9-11,16-20H2,1H3,(H,25,28). The quantitative estimate of drug-likeness (QED) is 0.552. The van der Waals surface area contributed by atoms with Crippen LogP contribution < -0.4 is 14.4 Å². The minimum atomic E-state index is -3.95. The molecule has 0 aliphatic carbocycles. The molecule has 7 nitrogen and oxygen atoms in total. The van der Waals surface area contributed by atoms with Gasteiger partial charge in [-0.3, -0.25) is 9.10 Å². The second-order valence-electron chi connectivity index (χ2n) is 7.96. The molecule has 2 aromatic carbocycles. The number of rotatable bonds is 10. The van der Waals surface area contributed by atoms with Crippen molar-refractivity contribution >= 4 is 21.6 Å². The lowest BCUT2D eigenvalue weighted by atomic mass is 10.2. The van der Waals surface area contributed by atoms with E-state index in [1.54, 1.807) is 42.5 Å². The van der Waals surface area contributed by atoms with Gasteiger partial charge in [-0.2, -0.15) is 0 Å². The van der Waals surface area contributed by atoms with Gasteiger partial charge in [0.1, 0.15) is 12.3 Å². The van der Waals surface area contributed by atoms with Crippen LogP contribution in [0.15, 0.2) is 59.5 Å². The number of hydrogen-bond donors (Lipinski definition) is 1. The molecule has 32 heavy (non-hydrogen) atoms. The number of para-hydroxylation sites is 2. The molecule has 8 heteroatoms. The Hall–Kier alpha value is -2.58. The molecule has 0 atom stereocenters. The second-order valence-corrected chi connectivity index (χ2v) is 9.82. The van der Waals surface area contributed by atoms with Gasteiger partial charge in [0, 0.05) is 6.54 Å². The number of ether oxygens (including phenoxy) is 1. The van der Waals surface area contributed by atoms with E-state index in [4.69, 9.17) is 4.74 Å². The van der Waals surface area contributed by atoms with E-state index in [9.17, 15) is 13.2 Å². The van der Waals surface area contributed by atoms with Crippen molar-refractivity contribution in [2.75, 3.05) is 44.1 Å². The lowest BCUT2D eigenvalue weighted by Gasteiger charge is -2.25. The Balaban J connectivity index is 1.68. The summed E-state index contributed by atoms with van der Waals surface area (Å²) in [6.45, 7) is 3.37. The molecule has 0 saturated carbocycles. The van der Waals surface area contributed by atoms with Crippen LogP contribution in [-0.2, 0) is 14.8 Å². The average Bonchev–Trinajstić information content (AvgIpc) is 3.09. The van der Waals surface area contributed by atoms with Crippen LogP contribution in [0.3, 0.4) is 0 Å². The summed E-state index contributed by atoms with van der Waals surface area (Å²) >= 11 is 0. The van der Waals surface area contributed by atoms with Gasteiger partial charge in [-0.1, -0.05) is 43.2 Å². The molecule has 0 radical (unpaired) electrons. The first-order valence-corrected chi connectivity index (χ1v) is 12.7. The van der Waals surface area contributed by atoms with E-state index < -0.39 is 10.0 Å². The molecule has 1 N–H and O–H groups in total. The monoisotopic (exact) mass is 459 g/mol. The van der Waals surface area contributed by atoms with Crippen LogP contribution in [0.2, 0.25) is 0 Å². The third-order valence-electron chi connectivity index (χ3n) is 5.64. The highest BCUT2D eigenvalue weighted by Gasteiger charge is 2.29. The van der Waals surface area contributed by atoms with E-state index in [0.29, 0.717) is 18.0 Å². The summed E-state index contributed by atoms with van der Waals surface area (Å²) in [6, 6.07) is 14.9. The fraction of sp³-hybridized carbons (Fsp3) is 0.458. The fourth-order valence-electron chi connectivity index (χ4n) is 3.93. The SMILES string of the molecule is COc1ccccc1N(CC(=O)NCCCN1CCCCCC1)S(=O)(=O)c1ccccc1. The number of likely N-dealkylation sites (tertiary alicyclic amines) is 1. The van der Waals surface area contributed by atoms with E-state index in [-0.39, 0.29) is 17.3 Å². The Morgan fingerprint density at radius 2 is 1.66 bits per heavy atom. The molecule has 1 saturated heterocycles. The maximum atomic E-state index is 13.4. The third-order valence-corrected chi connectivity index (χ3v) is 7.42. The summed E-state index contributed by atoms with van der Waals surface area (Å²) in [5, 5.41) is 2.89. The first kappa shape index (κ1) is 24.1. The van der Waals surface area contributed by atoms with Gasteiger partial charge in [0.25, 0.3) is 10.0 Å². The molecule has 0 bridgehead atoms. The molecule has 2 aromatic rings. The van der Waals surface area contributed by atoms with E-state index in [1.165, 1.54) is 44.9 Å². The summed E-state index contributed by atoms with van der Waals surface area (Å²) in [7, 11) is -2.47. The number of carbonyl (C=O) groups is 1. The van der Waals surface area contributed by atoms with Crippen molar-refractivity contribution in [2.45, 2.75) is 37.0 Å². The second kappa shape index (κ2) is 11.9. The van der Waals surface area contributed by atoms with Crippen molar-refractivity contribution < 1.29 is 17.9 Å². The van der Waals surface area contributed by atoms with Crippen LogP contribution in [0.25, 0.3) is 0 Å². The van der Waals surface area contributed by atoms with Crippen molar-refractivity contribution in [3.8, 4) is 5.75 Å². The predicted octanol–water partition coefficient (Wildman–Crippen LogP) is 3.27. The van der Waals surface area contributed by atoms with E-state index in [1.807, 2.05) is 0 Å². The van der Waals surface area contributed by atoms with Crippen LogP contribution in [0, 0.1) is 0 Å². The molecular weight excluding hydrogens is 426 g/mol. The van der Waals surface area contributed by atoms with Gasteiger partial charge in [0.05, 0.1) is 17.7 Å². The summed E-state index contributed by atoms with van der Waals surface area (Å²) in [5.74, 6) is 0.0484. The molecule has 0 unspecified atom stereocenters. The fourth-order valence-corrected chi connectivity index (χ4v) is 5.38. The van der Waals surface area contributed by atoms with Crippen LogP contribution in [0.1, 0.15) is 32.1 Å². The Kier molecular flexibility index (Phi) is 8.93. The van der Waals surface area contributed by atoms with Crippen molar-refractivity contribution in [1.82, 2.24) is 10.2 Å². The zero-order chi connectivity index (χ0) is 22.8. The topological polar surface area (TPSA) is 79.0 Å². The number of amides is 1. The lowest BCUT2D eigenvalue weighted by Crippen LogP contribution is -2.41. The summed E-state index contributed by atoms with van der Waals surface area (Å²) < 4.78 is 33.3. The number of anilines is 1. The highest BCUT2D eigenvalue weighted by Crippen LogP contribution is 2.32. The highest BCUT2D eigenvalue weighted by atomic mass is 32.2. The molecule has 3 rings (SSSR count). The van der Waals surface area contributed by atoms with Crippen molar-refractivity contribution in [2.24, 2.45) is 0 Å².